The van der Waals surface area contributed by atoms with Crippen LogP contribution in [0.15, 0.2) is 48.5 Å². The predicted molar refractivity (Wildman–Crippen MR) is 99.0 cm³/mol. The third kappa shape index (κ3) is 4.31. The molecule has 5 heteroatoms. The normalized spacial score (nSPS) is 15.0. The third-order valence-electron chi connectivity index (χ3n) is 4.51. The molecule has 1 aliphatic rings. The minimum absolute atomic E-state index is 0.583. The first-order valence-corrected chi connectivity index (χ1v) is 8.59. The number of ether oxygens (including phenoxy) is 2. The monoisotopic (exact) mass is 340 g/mol. The summed E-state index contributed by atoms with van der Waals surface area (Å²) in [6.07, 6.45) is 0.835. The maximum Gasteiger partial charge on any atom is 0.153 e. The summed E-state index contributed by atoms with van der Waals surface area (Å²) < 4.78 is 11.2. The summed E-state index contributed by atoms with van der Waals surface area (Å²) in [5.74, 6) is 1.58. The summed E-state index contributed by atoms with van der Waals surface area (Å²) in [4.78, 5) is 15.8. The Labute approximate surface area is 148 Å². The summed E-state index contributed by atoms with van der Waals surface area (Å²) in [5, 5.41) is 0. The Kier molecular flexibility index (Phi) is 5.90. The fraction of sp³-hybridized carbons (Fsp3) is 0.350. The number of methoxy groups -OCH3 is 1. The van der Waals surface area contributed by atoms with Crippen molar-refractivity contribution in [1.29, 1.82) is 0 Å². The molecule has 1 fully saturated rings. The van der Waals surface area contributed by atoms with Crippen LogP contribution >= 0.6 is 0 Å². The molecule has 2 aromatic rings. The molecule has 0 atom stereocenters. The van der Waals surface area contributed by atoms with Crippen LogP contribution in [-0.4, -0.2) is 57.6 Å². The van der Waals surface area contributed by atoms with Gasteiger partial charge in [0.25, 0.3) is 0 Å². The Morgan fingerprint density at radius 3 is 2.36 bits per heavy atom. The number of hydrogen-bond donors (Lipinski definition) is 0. The Morgan fingerprint density at radius 2 is 1.64 bits per heavy atom. The van der Waals surface area contributed by atoms with E-state index in [4.69, 9.17) is 9.47 Å². The van der Waals surface area contributed by atoms with Crippen LogP contribution in [0.3, 0.4) is 0 Å². The highest BCUT2D eigenvalue weighted by Crippen LogP contribution is 2.28. The fourth-order valence-electron chi connectivity index (χ4n) is 3.10. The highest BCUT2D eigenvalue weighted by Gasteiger charge is 2.19. The van der Waals surface area contributed by atoms with Crippen molar-refractivity contribution >= 4 is 12.0 Å². The molecule has 0 saturated carbocycles. The van der Waals surface area contributed by atoms with Crippen molar-refractivity contribution < 1.29 is 14.3 Å². The molecule has 3 rings (SSSR count). The van der Waals surface area contributed by atoms with Crippen LogP contribution in [0, 0.1) is 0 Å². The fourth-order valence-corrected chi connectivity index (χ4v) is 3.10. The first-order valence-electron chi connectivity index (χ1n) is 8.59. The average molecular weight is 340 g/mol. The number of hydrogen-bond acceptors (Lipinski definition) is 5. The van der Waals surface area contributed by atoms with E-state index in [0.717, 1.165) is 50.4 Å². The molecule has 1 heterocycles. The number of nitrogens with zero attached hydrogens (tertiary/aromatic N) is 2. The Hall–Kier alpha value is -2.53. The van der Waals surface area contributed by atoms with Gasteiger partial charge < -0.3 is 14.4 Å². The van der Waals surface area contributed by atoms with Gasteiger partial charge in [-0.2, -0.15) is 0 Å². The van der Waals surface area contributed by atoms with Crippen LogP contribution in [0.4, 0.5) is 5.69 Å². The van der Waals surface area contributed by atoms with Crippen LogP contribution < -0.4 is 14.4 Å². The van der Waals surface area contributed by atoms with Crippen molar-refractivity contribution in [3.63, 3.8) is 0 Å². The van der Waals surface area contributed by atoms with Gasteiger partial charge in [-0.3, -0.25) is 9.69 Å². The molecule has 0 bridgehead atoms. The molecule has 1 saturated heterocycles. The van der Waals surface area contributed by atoms with E-state index in [1.165, 1.54) is 0 Å². The molecular weight excluding hydrogens is 316 g/mol. The van der Waals surface area contributed by atoms with Gasteiger partial charge in [-0.25, -0.2) is 0 Å². The van der Waals surface area contributed by atoms with Crippen LogP contribution in [0.25, 0.3) is 0 Å². The van der Waals surface area contributed by atoms with Crippen molar-refractivity contribution in [2.24, 2.45) is 0 Å². The molecule has 1 aliphatic heterocycles. The zero-order valence-electron chi connectivity index (χ0n) is 14.6. The largest absolute Gasteiger partial charge is 0.495 e. The van der Waals surface area contributed by atoms with Crippen molar-refractivity contribution in [1.82, 2.24) is 4.90 Å². The van der Waals surface area contributed by atoms with Crippen molar-refractivity contribution in [3.05, 3.63) is 54.1 Å². The van der Waals surface area contributed by atoms with Gasteiger partial charge in [-0.1, -0.05) is 24.3 Å². The minimum Gasteiger partial charge on any atom is -0.495 e. The second-order valence-electron chi connectivity index (χ2n) is 6.00. The first kappa shape index (κ1) is 17.3. The lowest BCUT2D eigenvalue weighted by molar-refractivity contribution is 0.111. The number of rotatable bonds is 7. The van der Waals surface area contributed by atoms with Gasteiger partial charge >= 0.3 is 0 Å². The van der Waals surface area contributed by atoms with E-state index in [1.54, 1.807) is 13.2 Å². The maximum atomic E-state index is 11.0. The van der Waals surface area contributed by atoms with Crippen LogP contribution in [0.1, 0.15) is 10.4 Å². The Morgan fingerprint density at radius 1 is 0.960 bits per heavy atom. The molecule has 0 amide bonds. The van der Waals surface area contributed by atoms with E-state index in [-0.39, 0.29) is 0 Å². The highest BCUT2D eigenvalue weighted by atomic mass is 16.5. The molecule has 0 unspecified atom stereocenters. The SMILES string of the molecule is COc1ccccc1N1CCN(CCOc2ccccc2C=O)CC1. The van der Waals surface area contributed by atoms with Crippen molar-refractivity contribution in [2.45, 2.75) is 0 Å². The number of benzene rings is 2. The smallest absolute Gasteiger partial charge is 0.153 e. The van der Waals surface area contributed by atoms with E-state index < -0.39 is 0 Å². The highest BCUT2D eigenvalue weighted by molar-refractivity contribution is 5.79. The van der Waals surface area contributed by atoms with E-state index in [9.17, 15) is 4.79 Å². The summed E-state index contributed by atoms with van der Waals surface area (Å²) in [5.41, 5.74) is 1.75. The molecule has 0 aliphatic carbocycles. The molecule has 0 spiro atoms. The molecule has 2 aromatic carbocycles. The van der Waals surface area contributed by atoms with Crippen LogP contribution in [0.5, 0.6) is 11.5 Å². The molecule has 0 radical (unpaired) electrons. The quantitative estimate of drug-likeness (QED) is 0.725. The lowest BCUT2D eigenvalue weighted by Gasteiger charge is -2.36. The van der Waals surface area contributed by atoms with E-state index in [0.29, 0.717) is 17.9 Å². The van der Waals surface area contributed by atoms with Crippen LogP contribution in [0.2, 0.25) is 0 Å². The van der Waals surface area contributed by atoms with E-state index >= 15 is 0 Å². The zero-order chi connectivity index (χ0) is 17.5. The number of carbonyl (C=O) groups is 1. The Balaban J connectivity index is 1.47. The molecule has 0 aromatic heterocycles. The lowest BCUT2D eigenvalue weighted by atomic mass is 10.2. The van der Waals surface area contributed by atoms with E-state index in [2.05, 4.69) is 15.9 Å². The van der Waals surface area contributed by atoms with Crippen molar-refractivity contribution in [2.75, 3.05) is 51.3 Å². The molecule has 5 nitrogen and oxygen atoms in total. The van der Waals surface area contributed by atoms with Gasteiger partial charge in [0.1, 0.15) is 18.1 Å². The molecule has 0 N–H and O–H groups in total. The third-order valence-corrected chi connectivity index (χ3v) is 4.51. The second kappa shape index (κ2) is 8.53. The summed E-state index contributed by atoms with van der Waals surface area (Å²) >= 11 is 0. The lowest BCUT2D eigenvalue weighted by Crippen LogP contribution is -2.47. The number of para-hydroxylation sites is 3. The van der Waals surface area contributed by atoms with Gasteiger partial charge in [-0.15, -0.1) is 0 Å². The standard InChI is InChI=1S/C20H24N2O3/c1-24-20-9-5-3-7-18(20)22-12-10-21(11-13-22)14-15-25-19-8-4-2-6-17(19)16-23/h2-9,16H,10-15H2,1H3. The second-order valence-corrected chi connectivity index (χ2v) is 6.00. The molecule has 132 valence electrons. The maximum absolute atomic E-state index is 11.0. The van der Waals surface area contributed by atoms with Crippen molar-refractivity contribution in [3.8, 4) is 11.5 Å². The van der Waals surface area contributed by atoms with Crippen LogP contribution in [-0.2, 0) is 0 Å². The van der Waals surface area contributed by atoms with Gasteiger partial charge in [0.15, 0.2) is 6.29 Å². The zero-order valence-corrected chi connectivity index (χ0v) is 14.6. The number of piperazine rings is 1. The summed E-state index contributed by atoms with van der Waals surface area (Å²) in [6.45, 7) is 5.33. The van der Waals surface area contributed by atoms with Gasteiger partial charge in [0, 0.05) is 32.7 Å². The summed E-state index contributed by atoms with van der Waals surface area (Å²) in [7, 11) is 1.71. The van der Waals surface area contributed by atoms with Gasteiger partial charge in [0.05, 0.1) is 18.4 Å². The molecular formula is C20H24N2O3. The number of anilines is 1. The molecule has 25 heavy (non-hydrogen) atoms. The van der Waals surface area contributed by atoms with Gasteiger partial charge in [0.2, 0.25) is 0 Å². The van der Waals surface area contributed by atoms with E-state index in [1.807, 2.05) is 36.4 Å². The average Bonchev–Trinajstić information content (AvgIpc) is 2.69. The predicted octanol–water partition coefficient (Wildman–Crippen LogP) is 2.71. The van der Waals surface area contributed by atoms with Gasteiger partial charge in [-0.05, 0) is 24.3 Å². The first-order chi connectivity index (χ1) is 12.3. The topological polar surface area (TPSA) is 42.0 Å². The minimum atomic E-state index is 0.583. The summed E-state index contributed by atoms with van der Waals surface area (Å²) in [6, 6.07) is 15.5. The Bertz CT molecular complexity index is 697. The number of carbonyl (C=O) groups excluding carboxylic acids is 1. The number of aldehydes is 1.